The second kappa shape index (κ2) is 8.85. The number of carbonyl (C=O) groups excluding carboxylic acids is 1. The lowest BCUT2D eigenvalue weighted by molar-refractivity contribution is 0.262. The number of benzene rings is 2. The number of rotatable bonds is 6. The molecule has 0 radical (unpaired) electrons. The van der Waals surface area contributed by atoms with Crippen molar-refractivity contribution in [2.24, 2.45) is 0 Å². The summed E-state index contributed by atoms with van der Waals surface area (Å²) in [7, 11) is 0. The van der Waals surface area contributed by atoms with Gasteiger partial charge in [0.25, 0.3) is 0 Å². The van der Waals surface area contributed by atoms with Gasteiger partial charge in [0.15, 0.2) is 0 Å². The smallest absolute Gasteiger partial charge is 0.323 e. The summed E-state index contributed by atoms with van der Waals surface area (Å²) in [6.45, 7) is 5.97. The van der Waals surface area contributed by atoms with Crippen LogP contribution in [0.5, 0.6) is 17.5 Å². The number of aryl methyl sites for hydroxylation is 2. The van der Waals surface area contributed by atoms with Crippen LogP contribution in [-0.4, -0.2) is 22.6 Å². The largest absolute Gasteiger partial charge is 0.492 e. The van der Waals surface area contributed by atoms with Crippen molar-refractivity contribution >= 4 is 17.4 Å². The van der Waals surface area contributed by atoms with Gasteiger partial charge in [-0.05, 0) is 45.0 Å². The van der Waals surface area contributed by atoms with E-state index >= 15 is 0 Å². The molecule has 7 nitrogen and oxygen atoms in total. The van der Waals surface area contributed by atoms with Gasteiger partial charge in [-0.15, -0.1) is 0 Å². The van der Waals surface area contributed by atoms with E-state index in [1.165, 1.54) is 0 Å². The minimum absolute atomic E-state index is 0.230. The predicted octanol–water partition coefficient (Wildman–Crippen LogP) is 4.93. The standard InChI is InChI=1S/C21H22N4O3/c1-4-27-18-13-9-8-12-17(18)24-20(26)25-19-14(2)22-21(23-15(19)3)28-16-10-6-5-7-11-16/h5-13H,4H2,1-3H3,(H2,24,25,26). The molecule has 2 amide bonds. The summed E-state index contributed by atoms with van der Waals surface area (Å²) in [6.07, 6.45) is 0. The molecule has 0 unspecified atom stereocenters. The summed E-state index contributed by atoms with van der Waals surface area (Å²) in [5.41, 5.74) is 2.33. The van der Waals surface area contributed by atoms with Crippen molar-refractivity contribution in [2.75, 3.05) is 17.2 Å². The third-order valence-electron chi connectivity index (χ3n) is 3.88. The number of anilines is 2. The van der Waals surface area contributed by atoms with Crippen LogP contribution in [0.1, 0.15) is 18.3 Å². The summed E-state index contributed by atoms with van der Waals surface area (Å²) < 4.78 is 11.2. The van der Waals surface area contributed by atoms with Crippen LogP contribution in [0, 0.1) is 13.8 Å². The van der Waals surface area contributed by atoms with Gasteiger partial charge in [0.1, 0.15) is 11.5 Å². The van der Waals surface area contributed by atoms with Gasteiger partial charge >= 0.3 is 12.0 Å². The minimum atomic E-state index is -0.404. The summed E-state index contributed by atoms with van der Waals surface area (Å²) >= 11 is 0. The number of amides is 2. The highest BCUT2D eigenvalue weighted by Gasteiger charge is 2.14. The van der Waals surface area contributed by atoms with Crippen LogP contribution in [0.3, 0.4) is 0 Å². The lowest BCUT2D eigenvalue weighted by atomic mass is 10.3. The maximum absolute atomic E-state index is 12.5. The van der Waals surface area contributed by atoms with Crippen LogP contribution in [0.4, 0.5) is 16.2 Å². The molecule has 0 aliphatic rings. The van der Waals surface area contributed by atoms with E-state index < -0.39 is 6.03 Å². The SMILES string of the molecule is CCOc1ccccc1NC(=O)Nc1c(C)nc(Oc2ccccc2)nc1C. The number of carbonyl (C=O) groups is 1. The molecule has 0 saturated carbocycles. The molecular weight excluding hydrogens is 356 g/mol. The zero-order valence-electron chi connectivity index (χ0n) is 16.0. The highest BCUT2D eigenvalue weighted by molar-refractivity contribution is 6.01. The quantitative estimate of drug-likeness (QED) is 0.635. The van der Waals surface area contributed by atoms with Gasteiger partial charge in [-0.2, -0.15) is 9.97 Å². The average molecular weight is 378 g/mol. The van der Waals surface area contributed by atoms with E-state index in [9.17, 15) is 4.79 Å². The molecule has 0 bridgehead atoms. The van der Waals surface area contributed by atoms with Crippen molar-refractivity contribution in [3.63, 3.8) is 0 Å². The Labute approximate surface area is 163 Å². The molecule has 0 saturated heterocycles. The highest BCUT2D eigenvalue weighted by Crippen LogP contribution is 2.26. The van der Waals surface area contributed by atoms with E-state index in [0.717, 1.165) is 0 Å². The fourth-order valence-electron chi connectivity index (χ4n) is 2.62. The molecular formula is C21H22N4O3. The van der Waals surface area contributed by atoms with Gasteiger partial charge in [0.2, 0.25) is 0 Å². The van der Waals surface area contributed by atoms with Crippen LogP contribution in [0.15, 0.2) is 54.6 Å². The number of nitrogens with zero attached hydrogens (tertiary/aromatic N) is 2. The molecule has 0 spiro atoms. The number of nitrogens with one attached hydrogen (secondary N) is 2. The number of ether oxygens (including phenoxy) is 2. The van der Waals surface area contributed by atoms with Gasteiger partial charge < -0.3 is 20.1 Å². The molecule has 0 fully saturated rings. The maximum atomic E-state index is 12.5. The van der Waals surface area contributed by atoms with Crippen molar-refractivity contribution in [2.45, 2.75) is 20.8 Å². The maximum Gasteiger partial charge on any atom is 0.323 e. The number of hydrogen-bond donors (Lipinski definition) is 2. The Balaban J connectivity index is 1.73. The second-order valence-electron chi connectivity index (χ2n) is 5.98. The Morgan fingerprint density at radius 2 is 1.57 bits per heavy atom. The topological polar surface area (TPSA) is 85.4 Å². The van der Waals surface area contributed by atoms with E-state index in [4.69, 9.17) is 9.47 Å². The van der Waals surface area contributed by atoms with Crippen molar-refractivity contribution in [3.05, 3.63) is 66.0 Å². The number of aromatic nitrogens is 2. The van der Waals surface area contributed by atoms with Gasteiger partial charge in [0, 0.05) is 0 Å². The second-order valence-corrected chi connectivity index (χ2v) is 5.98. The zero-order valence-corrected chi connectivity index (χ0v) is 16.0. The Morgan fingerprint density at radius 1 is 0.929 bits per heavy atom. The van der Waals surface area contributed by atoms with Crippen molar-refractivity contribution in [3.8, 4) is 17.5 Å². The molecule has 3 aromatic rings. The van der Waals surface area contributed by atoms with Crippen molar-refractivity contribution < 1.29 is 14.3 Å². The Morgan fingerprint density at radius 3 is 2.25 bits per heavy atom. The lowest BCUT2D eigenvalue weighted by Crippen LogP contribution is -2.21. The number of urea groups is 1. The molecule has 2 N–H and O–H groups in total. The third-order valence-corrected chi connectivity index (χ3v) is 3.88. The average Bonchev–Trinajstić information content (AvgIpc) is 2.67. The molecule has 1 heterocycles. The molecule has 1 aromatic heterocycles. The van der Waals surface area contributed by atoms with E-state index in [1.54, 1.807) is 26.0 Å². The first-order valence-electron chi connectivity index (χ1n) is 8.94. The van der Waals surface area contributed by atoms with Crippen LogP contribution >= 0.6 is 0 Å². The lowest BCUT2D eigenvalue weighted by Gasteiger charge is -2.14. The van der Waals surface area contributed by atoms with Gasteiger partial charge in [0.05, 0.1) is 29.4 Å². The van der Waals surface area contributed by atoms with Crippen LogP contribution in [0.2, 0.25) is 0 Å². The van der Waals surface area contributed by atoms with Crippen LogP contribution in [0.25, 0.3) is 0 Å². The molecule has 7 heteroatoms. The first kappa shape index (κ1) is 19.2. The molecule has 28 heavy (non-hydrogen) atoms. The third kappa shape index (κ3) is 4.76. The molecule has 0 aliphatic heterocycles. The Bertz CT molecular complexity index is 938. The van der Waals surface area contributed by atoms with E-state index in [0.29, 0.717) is 40.9 Å². The van der Waals surface area contributed by atoms with E-state index in [-0.39, 0.29) is 6.01 Å². The molecule has 0 atom stereocenters. The highest BCUT2D eigenvalue weighted by atomic mass is 16.5. The Hall–Kier alpha value is -3.61. The summed E-state index contributed by atoms with van der Waals surface area (Å²) in [5.74, 6) is 1.25. The zero-order chi connectivity index (χ0) is 19.9. The van der Waals surface area contributed by atoms with Gasteiger partial charge in [-0.1, -0.05) is 30.3 Å². The molecule has 144 valence electrons. The van der Waals surface area contributed by atoms with Gasteiger partial charge in [-0.25, -0.2) is 4.79 Å². The van der Waals surface area contributed by atoms with E-state index in [1.807, 2.05) is 49.4 Å². The Kier molecular flexibility index (Phi) is 6.06. The predicted molar refractivity (Wildman–Crippen MR) is 108 cm³/mol. The van der Waals surface area contributed by atoms with Gasteiger partial charge in [-0.3, -0.25) is 0 Å². The first-order valence-corrected chi connectivity index (χ1v) is 8.94. The summed E-state index contributed by atoms with van der Waals surface area (Å²) in [5, 5.41) is 5.59. The molecule has 2 aromatic carbocycles. The van der Waals surface area contributed by atoms with Crippen LogP contribution < -0.4 is 20.1 Å². The fourth-order valence-corrected chi connectivity index (χ4v) is 2.62. The minimum Gasteiger partial charge on any atom is -0.492 e. The normalized spacial score (nSPS) is 10.2. The first-order chi connectivity index (χ1) is 13.6. The van der Waals surface area contributed by atoms with E-state index in [2.05, 4.69) is 20.6 Å². The summed E-state index contributed by atoms with van der Waals surface area (Å²) in [6, 6.07) is 16.4. The number of hydrogen-bond acceptors (Lipinski definition) is 5. The summed E-state index contributed by atoms with van der Waals surface area (Å²) in [4.78, 5) is 21.1. The number of para-hydroxylation sites is 3. The van der Waals surface area contributed by atoms with Crippen LogP contribution in [-0.2, 0) is 0 Å². The van der Waals surface area contributed by atoms with Crippen molar-refractivity contribution in [1.82, 2.24) is 9.97 Å². The van der Waals surface area contributed by atoms with Crippen molar-refractivity contribution in [1.29, 1.82) is 0 Å². The molecule has 3 rings (SSSR count). The fraction of sp³-hybridized carbons (Fsp3) is 0.190. The molecule has 0 aliphatic carbocycles. The monoisotopic (exact) mass is 378 g/mol.